The quantitative estimate of drug-likeness (QED) is 0.860. The zero-order chi connectivity index (χ0) is 18.3. The number of ether oxygens (including phenoxy) is 1. The summed E-state index contributed by atoms with van der Waals surface area (Å²) in [5.41, 5.74) is 1.35. The van der Waals surface area contributed by atoms with E-state index in [1.807, 2.05) is 81.4 Å². The molecule has 0 fully saturated rings. The lowest BCUT2D eigenvalue weighted by molar-refractivity contribution is -0.128. The zero-order valence-electron chi connectivity index (χ0n) is 15.0. The van der Waals surface area contributed by atoms with Crippen LogP contribution in [0.15, 0.2) is 60.7 Å². The highest BCUT2D eigenvalue weighted by Gasteiger charge is 2.31. The molecule has 0 spiro atoms. The van der Waals surface area contributed by atoms with Crippen molar-refractivity contribution in [2.45, 2.75) is 39.8 Å². The number of Topliss-reactive ketones (excluding diaryl/α,β-unsaturated/α-hetero) is 1. The SMILES string of the molecule is CC(C)(C)C(=O)C(Cc1ccccc1)NC(=O)OCc1ccccc1. The molecule has 0 bridgehead atoms. The van der Waals surface area contributed by atoms with Crippen molar-refractivity contribution >= 4 is 11.9 Å². The number of amides is 1. The van der Waals surface area contributed by atoms with E-state index < -0.39 is 17.6 Å². The highest BCUT2D eigenvalue weighted by molar-refractivity contribution is 5.91. The number of carbonyl (C=O) groups excluding carboxylic acids is 2. The minimum atomic E-state index is -0.620. The molecule has 4 nitrogen and oxygen atoms in total. The Kier molecular flexibility index (Phi) is 6.34. The molecule has 132 valence electrons. The van der Waals surface area contributed by atoms with E-state index in [1.54, 1.807) is 0 Å². The normalized spacial score (nSPS) is 12.3. The van der Waals surface area contributed by atoms with Gasteiger partial charge >= 0.3 is 6.09 Å². The van der Waals surface area contributed by atoms with Gasteiger partial charge in [0.2, 0.25) is 0 Å². The molecule has 0 radical (unpaired) electrons. The van der Waals surface area contributed by atoms with E-state index in [0.29, 0.717) is 6.42 Å². The van der Waals surface area contributed by atoms with Crippen molar-refractivity contribution in [3.05, 3.63) is 71.8 Å². The largest absolute Gasteiger partial charge is 0.445 e. The van der Waals surface area contributed by atoms with Gasteiger partial charge in [0.15, 0.2) is 5.78 Å². The number of carbonyl (C=O) groups is 2. The fraction of sp³-hybridized carbons (Fsp3) is 0.333. The molecule has 1 N–H and O–H groups in total. The molecule has 1 atom stereocenters. The van der Waals surface area contributed by atoms with Crippen LogP contribution < -0.4 is 5.32 Å². The average Bonchev–Trinajstić information content (AvgIpc) is 2.60. The Balaban J connectivity index is 2.02. The van der Waals surface area contributed by atoms with E-state index in [0.717, 1.165) is 11.1 Å². The number of hydrogen-bond donors (Lipinski definition) is 1. The third-order valence-corrected chi connectivity index (χ3v) is 3.84. The third-order valence-electron chi connectivity index (χ3n) is 3.84. The fourth-order valence-electron chi connectivity index (χ4n) is 2.49. The Bertz CT molecular complexity index is 690. The third kappa shape index (κ3) is 6.07. The molecule has 1 unspecified atom stereocenters. The lowest BCUT2D eigenvalue weighted by atomic mass is 9.84. The number of benzene rings is 2. The van der Waals surface area contributed by atoms with E-state index in [4.69, 9.17) is 4.74 Å². The Labute approximate surface area is 149 Å². The lowest BCUT2D eigenvalue weighted by Crippen LogP contribution is -2.47. The van der Waals surface area contributed by atoms with Gasteiger partial charge in [0.25, 0.3) is 0 Å². The van der Waals surface area contributed by atoms with E-state index >= 15 is 0 Å². The molecule has 0 saturated heterocycles. The van der Waals surface area contributed by atoms with Crippen LogP contribution in [-0.2, 0) is 22.6 Å². The molecule has 0 aliphatic carbocycles. The Morgan fingerprint density at radius 1 is 0.920 bits per heavy atom. The van der Waals surface area contributed by atoms with E-state index in [-0.39, 0.29) is 12.4 Å². The summed E-state index contributed by atoms with van der Waals surface area (Å²) in [4.78, 5) is 24.9. The zero-order valence-corrected chi connectivity index (χ0v) is 15.0. The Morgan fingerprint density at radius 2 is 1.44 bits per heavy atom. The molecule has 0 aromatic heterocycles. The summed E-state index contributed by atoms with van der Waals surface area (Å²) in [6.07, 6.45) is -0.139. The van der Waals surface area contributed by atoms with Gasteiger partial charge < -0.3 is 10.1 Å². The highest BCUT2D eigenvalue weighted by Crippen LogP contribution is 2.19. The first-order valence-corrected chi connectivity index (χ1v) is 8.42. The van der Waals surface area contributed by atoms with Crippen molar-refractivity contribution in [2.75, 3.05) is 0 Å². The lowest BCUT2D eigenvalue weighted by Gasteiger charge is -2.25. The van der Waals surface area contributed by atoms with Crippen molar-refractivity contribution in [1.29, 1.82) is 0 Å². The van der Waals surface area contributed by atoms with Gasteiger partial charge in [0, 0.05) is 5.41 Å². The summed E-state index contributed by atoms with van der Waals surface area (Å²) >= 11 is 0. The second-order valence-electron chi connectivity index (χ2n) is 7.06. The van der Waals surface area contributed by atoms with Crippen molar-refractivity contribution < 1.29 is 14.3 Å². The summed E-state index contributed by atoms with van der Waals surface area (Å²) < 4.78 is 5.26. The van der Waals surface area contributed by atoms with Crippen LogP contribution in [0.2, 0.25) is 0 Å². The van der Waals surface area contributed by atoms with Crippen molar-refractivity contribution in [2.24, 2.45) is 5.41 Å². The molecule has 0 heterocycles. The predicted octanol–water partition coefficient (Wildman–Crippen LogP) is 4.14. The molecule has 4 heteroatoms. The van der Waals surface area contributed by atoms with Gasteiger partial charge in [-0.05, 0) is 17.5 Å². The smallest absolute Gasteiger partial charge is 0.408 e. The Morgan fingerprint density at radius 3 is 1.96 bits per heavy atom. The van der Waals surface area contributed by atoms with Crippen LogP contribution in [0.3, 0.4) is 0 Å². The first-order valence-electron chi connectivity index (χ1n) is 8.42. The van der Waals surface area contributed by atoms with Crippen LogP contribution in [-0.4, -0.2) is 17.9 Å². The highest BCUT2D eigenvalue weighted by atomic mass is 16.5. The average molecular weight is 339 g/mol. The number of alkyl carbamates (subject to hydrolysis) is 1. The number of hydrogen-bond acceptors (Lipinski definition) is 3. The van der Waals surface area contributed by atoms with Crippen molar-refractivity contribution in [3.8, 4) is 0 Å². The van der Waals surface area contributed by atoms with Crippen LogP contribution in [0.1, 0.15) is 31.9 Å². The fourth-order valence-corrected chi connectivity index (χ4v) is 2.49. The molecule has 1 amide bonds. The maximum absolute atomic E-state index is 12.7. The summed E-state index contributed by atoms with van der Waals surface area (Å²) in [6.45, 7) is 5.73. The number of ketones is 1. The predicted molar refractivity (Wildman–Crippen MR) is 98.2 cm³/mol. The maximum Gasteiger partial charge on any atom is 0.408 e. The minimum Gasteiger partial charge on any atom is -0.445 e. The van der Waals surface area contributed by atoms with Gasteiger partial charge in [0.05, 0.1) is 6.04 Å². The molecule has 25 heavy (non-hydrogen) atoms. The minimum absolute atomic E-state index is 0.0204. The second-order valence-corrected chi connectivity index (χ2v) is 7.06. The van der Waals surface area contributed by atoms with Gasteiger partial charge in [-0.25, -0.2) is 4.79 Å². The summed E-state index contributed by atoms with van der Waals surface area (Å²) in [5.74, 6) is -0.0204. The van der Waals surface area contributed by atoms with Gasteiger partial charge in [0.1, 0.15) is 6.61 Å². The van der Waals surface area contributed by atoms with Crippen molar-refractivity contribution in [1.82, 2.24) is 5.32 Å². The van der Waals surface area contributed by atoms with Crippen LogP contribution in [0.25, 0.3) is 0 Å². The first kappa shape index (κ1) is 18.7. The summed E-state index contributed by atoms with van der Waals surface area (Å²) in [7, 11) is 0. The molecule has 0 aliphatic rings. The second kappa shape index (κ2) is 8.47. The van der Waals surface area contributed by atoms with Crippen LogP contribution >= 0.6 is 0 Å². The number of nitrogens with one attached hydrogen (secondary N) is 1. The van der Waals surface area contributed by atoms with E-state index in [2.05, 4.69) is 5.32 Å². The maximum atomic E-state index is 12.7. The molecule has 0 saturated carbocycles. The van der Waals surface area contributed by atoms with Gasteiger partial charge in [-0.3, -0.25) is 4.79 Å². The van der Waals surface area contributed by atoms with Gasteiger partial charge in [-0.1, -0.05) is 81.4 Å². The molecule has 0 aliphatic heterocycles. The van der Waals surface area contributed by atoms with E-state index in [1.165, 1.54) is 0 Å². The standard InChI is InChI=1S/C21H25NO3/c1-21(2,3)19(23)18(14-16-10-6-4-7-11-16)22-20(24)25-15-17-12-8-5-9-13-17/h4-13,18H,14-15H2,1-3H3,(H,22,24). The van der Waals surface area contributed by atoms with Gasteiger partial charge in [-0.15, -0.1) is 0 Å². The molecular formula is C21H25NO3. The molecule has 2 rings (SSSR count). The monoisotopic (exact) mass is 339 g/mol. The summed E-state index contributed by atoms with van der Waals surface area (Å²) in [5, 5.41) is 2.73. The summed E-state index contributed by atoms with van der Waals surface area (Å²) in [6, 6.07) is 18.5. The van der Waals surface area contributed by atoms with Gasteiger partial charge in [-0.2, -0.15) is 0 Å². The van der Waals surface area contributed by atoms with E-state index in [9.17, 15) is 9.59 Å². The topological polar surface area (TPSA) is 55.4 Å². The molecular weight excluding hydrogens is 314 g/mol. The van der Waals surface area contributed by atoms with Crippen LogP contribution in [0.5, 0.6) is 0 Å². The Hall–Kier alpha value is -2.62. The van der Waals surface area contributed by atoms with Crippen molar-refractivity contribution in [3.63, 3.8) is 0 Å². The van der Waals surface area contributed by atoms with Crippen LogP contribution in [0, 0.1) is 5.41 Å². The first-order chi connectivity index (χ1) is 11.9. The van der Waals surface area contributed by atoms with Crippen LogP contribution in [0.4, 0.5) is 4.79 Å². The number of rotatable bonds is 6. The molecule has 2 aromatic carbocycles. The molecule has 2 aromatic rings.